The molecule has 2 N–H and O–H groups in total. The number of carbonyl (C=O) groups is 1. The fourth-order valence-electron chi connectivity index (χ4n) is 1.47. The van der Waals surface area contributed by atoms with Crippen LogP contribution in [0.3, 0.4) is 0 Å². The minimum Gasteiger partial charge on any atom is -0.387 e. The molecule has 1 rings (SSSR count). The van der Waals surface area contributed by atoms with E-state index in [1.165, 1.54) is 18.2 Å². The van der Waals surface area contributed by atoms with Gasteiger partial charge in [-0.05, 0) is 24.1 Å². The number of benzene rings is 1. The van der Waals surface area contributed by atoms with Gasteiger partial charge in [-0.1, -0.05) is 25.5 Å². The van der Waals surface area contributed by atoms with Crippen molar-refractivity contribution >= 4 is 5.91 Å². The van der Waals surface area contributed by atoms with Crippen molar-refractivity contribution in [2.24, 2.45) is 0 Å². The average Bonchev–Trinajstić information content (AvgIpc) is 2.33. The van der Waals surface area contributed by atoms with Crippen LogP contribution in [0, 0.1) is 5.82 Å². The molecule has 94 valence electrons. The lowest BCUT2D eigenvalue weighted by atomic mass is 10.1. The first-order valence-corrected chi connectivity index (χ1v) is 5.83. The zero-order valence-electron chi connectivity index (χ0n) is 9.95. The van der Waals surface area contributed by atoms with Crippen molar-refractivity contribution in [1.82, 2.24) is 5.32 Å². The van der Waals surface area contributed by atoms with Crippen molar-refractivity contribution in [1.29, 1.82) is 0 Å². The first kappa shape index (κ1) is 13.6. The molecule has 1 aromatic rings. The summed E-state index contributed by atoms with van der Waals surface area (Å²) in [5, 5.41) is 12.4. The molecule has 0 spiro atoms. The quantitative estimate of drug-likeness (QED) is 0.799. The van der Waals surface area contributed by atoms with Gasteiger partial charge >= 0.3 is 0 Å². The van der Waals surface area contributed by atoms with E-state index >= 15 is 0 Å². The third kappa shape index (κ3) is 4.95. The largest absolute Gasteiger partial charge is 0.387 e. The van der Waals surface area contributed by atoms with Gasteiger partial charge in [-0.15, -0.1) is 0 Å². The van der Waals surface area contributed by atoms with E-state index in [2.05, 4.69) is 5.32 Å². The van der Waals surface area contributed by atoms with Gasteiger partial charge in [0.25, 0.3) is 0 Å². The summed E-state index contributed by atoms with van der Waals surface area (Å²) in [5.41, 5.74) is 0.473. The van der Waals surface area contributed by atoms with Gasteiger partial charge < -0.3 is 10.4 Å². The first-order valence-electron chi connectivity index (χ1n) is 5.83. The van der Waals surface area contributed by atoms with Crippen LogP contribution in [0.4, 0.5) is 4.39 Å². The molecule has 0 aliphatic carbocycles. The maximum absolute atomic E-state index is 12.9. The molecule has 1 atom stereocenters. The molecule has 1 aromatic carbocycles. The number of rotatable bonds is 6. The van der Waals surface area contributed by atoms with Crippen LogP contribution in [-0.4, -0.2) is 17.6 Å². The Morgan fingerprint density at radius 3 is 2.94 bits per heavy atom. The van der Waals surface area contributed by atoms with E-state index in [0.29, 0.717) is 12.0 Å². The van der Waals surface area contributed by atoms with Gasteiger partial charge in [-0.25, -0.2) is 4.39 Å². The van der Waals surface area contributed by atoms with E-state index in [4.69, 9.17) is 0 Å². The molecule has 1 amide bonds. The highest BCUT2D eigenvalue weighted by Crippen LogP contribution is 2.12. The van der Waals surface area contributed by atoms with Gasteiger partial charge in [0.15, 0.2) is 0 Å². The number of unbranched alkanes of at least 4 members (excludes halogenated alkanes) is 1. The molecule has 0 bridgehead atoms. The first-order chi connectivity index (χ1) is 8.13. The molecule has 4 heteroatoms. The summed E-state index contributed by atoms with van der Waals surface area (Å²) in [7, 11) is 0. The summed E-state index contributed by atoms with van der Waals surface area (Å²) in [4.78, 5) is 11.3. The van der Waals surface area contributed by atoms with Crippen molar-refractivity contribution in [3.05, 3.63) is 35.6 Å². The third-order valence-electron chi connectivity index (χ3n) is 2.48. The predicted molar refractivity (Wildman–Crippen MR) is 63.9 cm³/mol. The maximum atomic E-state index is 12.9. The monoisotopic (exact) mass is 239 g/mol. The smallest absolute Gasteiger partial charge is 0.220 e. The number of aliphatic hydroxyl groups excluding tert-OH is 1. The Labute approximate surface area is 101 Å². The van der Waals surface area contributed by atoms with Crippen molar-refractivity contribution in [3.63, 3.8) is 0 Å². The number of hydrogen-bond acceptors (Lipinski definition) is 2. The van der Waals surface area contributed by atoms with Gasteiger partial charge in [0.1, 0.15) is 5.82 Å². The molecule has 3 nitrogen and oxygen atoms in total. The van der Waals surface area contributed by atoms with Gasteiger partial charge in [0.05, 0.1) is 6.10 Å². The van der Waals surface area contributed by atoms with Crippen molar-refractivity contribution in [2.45, 2.75) is 32.3 Å². The van der Waals surface area contributed by atoms with E-state index in [-0.39, 0.29) is 18.3 Å². The molecule has 1 unspecified atom stereocenters. The molecule has 0 aliphatic heterocycles. The lowest BCUT2D eigenvalue weighted by molar-refractivity contribution is -0.121. The fourth-order valence-corrected chi connectivity index (χ4v) is 1.47. The summed E-state index contributed by atoms with van der Waals surface area (Å²) in [6.45, 7) is 2.13. The fraction of sp³-hybridized carbons (Fsp3) is 0.462. The Morgan fingerprint density at radius 2 is 2.29 bits per heavy atom. The minimum atomic E-state index is -0.865. The van der Waals surface area contributed by atoms with E-state index in [0.717, 1.165) is 12.8 Å². The summed E-state index contributed by atoms with van der Waals surface area (Å²) < 4.78 is 12.9. The lowest BCUT2D eigenvalue weighted by Crippen LogP contribution is -2.28. The number of nitrogens with one attached hydrogen (secondary N) is 1. The number of aliphatic hydroxyl groups is 1. The normalized spacial score (nSPS) is 12.2. The van der Waals surface area contributed by atoms with Crippen LogP contribution >= 0.6 is 0 Å². The van der Waals surface area contributed by atoms with E-state index in [1.54, 1.807) is 6.07 Å². The van der Waals surface area contributed by atoms with Crippen LogP contribution in [0.15, 0.2) is 24.3 Å². The second-order valence-electron chi connectivity index (χ2n) is 3.98. The average molecular weight is 239 g/mol. The standard InChI is InChI=1S/C13H18FNO2/c1-2-3-7-13(17)15-9-12(16)10-5-4-6-11(14)8-10/h4-6,8,12,16H,2-3,7,9H2,1H3,(H,15,17). The second kappa shape index (κ2) is 7.01. The SMILES string of the molecule is CCCCC(=O)NCC(O)c1cccc(F)c1. The number of halogens is 1. The Bertz CT molecular complexity index is 368. The van der Waals surface area contributed by atoms with Crippen molar-refractivity contribution in [3.8, 4) is 0 Å². The van der Waals surface area contributed by atoms with Crippen LogP contribution in [-0.2, 0) is 4.79 Å². The molecule has 0 radical (unpaired) electrons. The second-order valence-corrected chi connectivity index (χ2v) is 3.98. The van der Waals surface area contributed by atoms with Crippen LogP contribution < -0.4 is 5.32 Å². The van der Waals surface area contributed by atoms with Crippen LogP contribution in [0.5, 0.6) is 0 Å². The number of carbonyl (C=O) groups excluding carboxylic acids is 1. The molecular formula is C13H18FNO2. The van der Waals surface area contributed by atoms with Gasteiger partial charge in [0, 0.05) is 13.0 Å². The van der Waals surface area contributed by atoms with Crippen molar-refractivity contribution < 1.29 is 14.3 Å². The van der Waals surface area contributed by atoms with Crippen LogP contribution in [0.25, 0.3) is 0 Å². The van der Waals surface area contributed by atoms with E-state index < -0.39 is 6.10 Å². The molecular weight excluding hydrogens is 221 g/mol. The molecule has 17 heavy (non-hydrogen) atoms. The van der Waals surface area contributed by atoms with E-state index in [1.807, 2.05) is 6.92 Å². The minimum absolute atomic E-state index is 0.0812. The van der Waals surface area contributed by atoms with E-state index in [9.17, 15) is 14.3 Å². The number of amides is 1. The molecule has 0 aromatic heterocycles. The lowest BCUT2D eigenvalue weighted by Gasteiger charge is -2.12. The zero-order chi connectivity index (χ0) is 12.7. The maximum Gasteiger partial charge on any atom is 0.220 e. The highest BCUT2D eigenvalue weighted by Gasteiger charge is 2.09. The Balaban J connectivity index is 2.39. The van der Waals surface area contributed by atoms with Crippen LogP contribution in [0.2, 0.25) is 0 Å². The molecule has 0 fully saturated rings. The Morgan fingerprint density at radius 1 is 1.53 bits per heavy atom. The highest BCUT2D eigenvalue weighted by molar-refractivity contribution is 5.75. The number of hydrogen-bond donors (Lipinski definition) is 2. The predicted octanol–water partition coefficient (Wildman–Crippen LogP) is 2.17. The molecule has 0 saturated heterocycles. The Hall–Kier alpha value is -1.42. The molecule has 0 aliphatic rings. The van der Waals surface area contributed by atoms with Gasteiger partial charge in [-0.3, -0.25) is 4.79 Å². The topological polar surface area (TPSA) is 49.3 Å². The highest BCUT2D eigenvalue weighted by atomic mass is 19.1. The van der Waals surface area contributed by atoms with Crippen LogP contribution in [0.1, 0.15) is 37.9 Å². The summed E-state index contributed by atoms with van der Waals surface area (Å²) in [6.07, 6.45) is 1.39. The third-order valence-corrected chi connectivity index (χ3v) is 2.48. The van der Waals surface area contributed by atoms with Crippen molar-refractivity contribution in [2.75, 3.05) is 6.54 Å². The zero-order valence-corrected chi connectivity index (χ0v) is 9.95. The molecule has 0 heterocycles. The summed E-state index contributed by atoms with van der Waals surface area (Å²) in [5.74, 6) is -0.471. The van der Waals surface area contributed by atoms with Gasteiger partial charge in [0.2, 0.25) is 5.91 Å². The Kier molecular flexibility index (Phi) is 5.63. The van der Waals surface area contributed by atoms with Gasteiger partial charge in [-0.2, -0.15) is 0 Å². The molecule has 0 saturated carbocycles. The summed E-state index contributed by atoms with van der Waals surface area (Å²) >= 11 is 0. The summed E-state index contributed by atoms with van der Waals surface area (Å²) in [6, 6.07) is 5.75.